The Kier molecular flexibility index (Phi) is 5.29. The van der Waals surface area contributed by atoms with E-state index < -0.39 is 0 Å². The zero-order valence-corrected chi connectivity index (χ0v) is 15.0. The van der Waals surface area contributed by atoms with Crippen LogP contribution >= 0.6 is 0 Å². The summed E-state index contributed by atoms with van der Waals surface area (Å²) in [6.45, 7) is 3.07. The van der Waals surface area contributed by atoms with E-state index in [-0.39, 0.29) is 30.2 Å². The van der Waals surface area contributed by atoms with Gasteiger partial charge < -0.3 is 23.9 Å². The maximum atomic E-state index is 12.3. The largest absolute Gasteiger partial charge is 0.466 e. The number of fused-ring (bicyclic) bond motifs is 1. The molecule has 0 aromatic carbocycles. The Morgan fingerprint density at radius 3 is 2.69 bits per heavy atom. The standard InChI is InChI=1S/C18H23N3O5/c1-3-25-18(24)12-4-7-21(8-5-12)16(22)11-19-17(23)14-10-15-13(20(14)2)6-9-26-15/h6,9-10,12H,3-5,7-8,11H2,1-2H3,(H,19,23). The van der Waals surface area contributed by atoms with Crippen molar-refractivity contribution in [3.05, 3.63) is 24.1 Å². The Bertz CT molecular complexity index is 814. The molecule has 0 atom stereocenters. The molecule has 1 N–H and O–H groups in total. The van der Waals surface area contributed by atoms with Gasteiger partial charge in [0.1, 0.15) is 5.69 Å². The normalized spacial score (nSPS) is 15.2. The second kappa shape index (κ2) is 7.63. The lowest BCUT2D eigenvalue weighted by atomic mass is 9.97. The van der Waals surface area contributed by atoms with E-state index in [1.807, 2.05) is 0 Å². The van der Waals surface area contributed by atoms with Gasteiger partial charge >= 0.3 is 5.97 Å². The van der Waals surface area contributed by atoms with E-state index in [0.717, 1.165) is 5.52 Å². The molecule has 2 amide bonds. The molecule has 0 bridgehead atoms. The maximum absolute atomic E-state index is 12.3. The molecule has 0 spiro atoms. The zero-order valence-electron chi connectivity index (χ0n) is 15.0. The zero-order chi connectivity index (χ0) is 18.7. The summed E-state index contributed by atoms with van der Waals surface area (Å²) in [6.07, 6.45) is 2.75. The van der Waals surface area contributed by atoms with Crippen LogP contribution < -0.4 is 5.32 Å². The number of aryl methyl sites for hydroxylation is 1. The highest BCUT2D eigenvalue weighted by Crippen LogP contribution is 2.20. The number of ether oxygens (including phenoxy) is 1. The molecule has 3 rings (SSSR count). The van der Waals surface area contributed by atoms with Crippen molar-refractivity contribution in [2.75, 3.05) is 26.2 Å². The second-order valence-corrected chi connectivity index (χ2v) is 6.35. The van der Waals surface area contributed by atoms with E-state index in [1.165, 1.54) is 0 Å². The van der Waals surface area contributed by atoms with Crippen LogP contribution in [0.15, 0.2) is 22.8 Å². The summed E-state index contributed by atoms with van der Waals surface area (Å²) in [4.78, 5) is 38.1. The Morgan fingerprint density at radius 2 is 2.04 bits per heavy atom. The highest BCUT2D eigenvalue weighted by Gasteiger charge is 2.28. The fourth-order valence-electron chi connectivity index (χ4n) is 3.25. The number of furan rings is 1. The van der Waals surface area contributed by atoms with Crippen molar-refractivity contribution in [2.45, 2.75) is 19.8 Å². The van der Waals surface area contributed by atoms with Gasteiger partial charge in [0.05, 0.1) is 30.8 Å². The fourth-order valence-corrected chi connectivity index (χ4v) is 3.25. The lowest BCUT2D eigenvalue weighted by Crippen LogP contribution is -2.45. The van der Waals surface area contributed by atoms with Crippen LogP contribution in [-0.2, 0) is 21.4 Å². The van der Waals surface area contributed by atoms with Gasteiger partial charge in [0.15, 0.2) is 5.58 Å². The minimum absolute atomic E-state index is 0.0740. The van der Waals surface area contributed by atoms with Gasteiger partial charge in [0.2, 0.25) is 5.91 Å². The quantitative estimate of drug-likeness (QED) is 0.810. The van der Waals surface area contributed by atoms with Crippen LogP contribution in [0.25, 0.3) is 11.1 Å². The Morgan fingerprint density at radius 1 is 1.31 bits per heavy atom. The van der Waals surface area contributed by atoms with Gasteiger partial charge in [0, 0.05) is 32.3 Å². The number of rotatable bonds is 5. The first-order valence-electron chi connectivity index (χ1n) is 8.76. The fraction of sp³-hybridized carbons (Fsp3) is 0.500. The lowest BCUT2D eigenvalue weighted by molar-refractivity contribution is -0.151. The van der Waals surface area contributed by atoms with Crippen LogP contribution in [0.2, 0.25) is 0 Å². The van der Waals surface area contributed by atoms with Crippen LogP contribution in [-0.4, -0.2) is 53.5 Å². The molecular formula is C18H23N3O5. The summed E-state index contributed by atoms with van der Waals surface area (Å²) < 4.78 is 12.0. The topological polar surface area (TPSA) is 93.8 Å². The minimum Gasteiger partial charge on any atom is -0.466 e. The summed E-state index contributed by atoms with van der Waals surface area (Å²) in [6, 6.07) is 3.44. The van der Waals surface area contributed by atoms with Crippen molar-refractivity contribution in [1.29, 1.82) is 0 Å². The number of likely N-dealkylation sites (tertiary alicyclic amines) is 1. The third kappa shape index (κ3) is 3.58. The van der Waals surface area contributed by atoms with Crippen LogP contribution in [0.3, 0.4) is 0 Å². The van der Waals surface area contributed by atoms with Gasteiger partial charge in [-0.3, -0.25) is 14.4 Å². The number of hydrogen-bond acceptors (Lipinski definition) is 5. The molecule has 2 aromatic heterocycles. The number of carbonyl (C=O) groups is 3. The smallest absolute Gasteiger partial charge is 0.309 e. The molecule has 0 unspecified atom stereocenters. The third-order valence-corrected chi connectivity index (χ3v) is 4.76. The summed E-state index contributed by atoms with van der Waals surface area (Å²) in [7, 11) is 1.77. The number of piperidine rings is 1. The van der Waals surface area contributed by atoms with Crippen LogP contribution in [0.1, 0.15) is 30.3 Å². The molecule has 26 heavy (non-hydrogen) atoms. The molecule has 1 aliphatic rings. The first-order valence-corrected chi connectivity index (χ1v) is 8.76. The van der Waals surface area contributed by atoms with Gasteiger partial charge in [-0.25, -0.2) is 0 Å². The number of carbonyl (C=O) groups excluding carboxylic acids is 3. The van der Waals surface area contributed by atoms with E-state index in [4.69, 9.17) is 9.15 Å². The van der Waals surface area contributed by atoms with Gasteiger partial charge in [0.25, 0.3) is 5.91 Å². The second-order valence-electron chi connectivity index (χ2n) is 6.35. The molecule has 0 saturated carbocycles. The average Bonchev–Trinajstić information content (AvgIpc) is 3.23. The molecule has 1 saturated heterocycles. The summed E-state index contributed by atoms with van der Waals surface area (Å²) in [5, 5.41) is 2.66. The number of nitrogens with zero attached hydrogens (tertiary/aromatic N) is 2. The van der Waals surface area contributed by atoms with Gasteiger partial charge in [-0.15, -0.1) is 0 Å². The van der Waals surface area contributed by atoms with Crippen molar-refractivity contribution in [3.63, 3.8) is 0 Å². The predicted octanol–water partition coefficient (Wildman–Crippen LogP) is 1.30. The van der Waals surface area contributed by atoms with Gasteiger partial charge in [-0.05, 0) is 19.8 Å². The third-order valence-electron chi connectivity index (χ3n) is 4.76. The molecule has 8 heteroatoms. The number of esters is 1. The Hall–Kier alpha value is -2.77. The molecular weight excluding hydrogens is 338 g/mol. The highest BCUT2D eigenvalue weighted by molar-refractivity contribution is 5.99. The molecule has 2 aromatic rings. The summed E-state index contributed by atoms with van der Waals surface area (Å²) in [5.41, 5.74) is 1.89. The predicted molar refractivity (Wildman–Crippen MR) is 93.5 cm³/mol. The van der Waals surface area contributed by atoms with Crippen LogP contribution in [0, 0.1) is 5.92 Å². The minimum atomic E-state index is -0.325. The van der Waals surface area contributed by atoms with Crippen molar-refractivity contribution >= 4 is 28.9 Å². The summed E-state index contributed by atoms with van der Waals surface area (Å²) >= 11 is 0. The molecule has 1 fully saturated rings. The van der Waals surface area contributed by atoms with Crippen molar-refractivity contribution in [1.82, 2.24) is 14.8 Å². The Labute approximate surface area is 151 Å². The highest BCUT2D eigenvalue weighted by atomic mass is 16.5. The van der Waals surface area contributed by atoms with Gasteiger partial charge in [-0.2, -0.15) is 0 Å². The molecule has 0 aliphatic carbocycles. The van der Waals surface area contributed by atoms with Crippen molar-refractivity contribution < 1.29 is 23.5 Å². The van der Waals surface area contributed by atoms with Crippen LogP contribution in [0.5, 0.6) is 0 Å². The van der Waals surface area contributed by atoms with E-state index in [0.29, 0.717) is 43.8 Å². The lowest BCUT2D eigenvalue weighted by Gasteiger charge is -2.30. The van der Waals surface area contributed by atoms with Crippen molar-refractivity contribution in [2.24, 2.45) is 13.0 Å². The number of aromatic nitrogens is 1. The van der Waals surface area contributed by atoms with E-state index in [9.17, 15) is 14.4 Å². The van der Waals surface area contributed by atoms with E-state index in [1.54, 1.807) is 41.8 Å². The summed E-state index contributed by atoms with van der Waals surface area (Å²) in [5.74, 6) is -0.819. The molecule has 1 aliphatic heterocycles. The number of nitrogens with one attached hydrogen (secondary N) is 1. The van der Waals surface area contributed by atoms with Crippen molar-refractivity contribution in [3.8, 4) is 0 Å². The number of amides is 2. The SMILES string of the molecule is CCOC(=O)C1CCN(C(=O)CNC(=O)c2cc3occc3n2C)CC1. The monoisotopic (exact) mass is 361 g/mol. The maximum Gasteiger partial charge on any atom is 0.309 e. The average molecular weight is 361 g/mol. The molecule has 140 valence electrons. The van der Waals surface area contributed by atoms with E-state index >= 15 is 0 Å². The molecule has 8 nitrogen and oxygen atoms in total. The first-order chi connectivity index (χ1) is 12.5. The number of hydrogen-bond donors (Lipinski definition) is 1. The first kappa shape index (κ1) is 18.0. The Balaban J connectivity index is 1.50. The van der Waals surface area contributed by atoms with E-state index in [2.05, 4.69) is 5.32 Å². The van der Waals surface area contributed by atoms with Gasteiger partial charge in [-0.1, -0.05) is 0 Å². The molecule has 0 radical (unpaired) electrons. The van der Waals surface area contributed by atoms with Crippen LogP contribution in [0.4, 0.5) is 0 Å². The molecule has 3 heterocycles.